The molecule has 0 saturated carbocycles. The molecule has 0 aliphatic rings. The lowest BCUT2D eigenvalue weighted by atomic mass is 10.2. The average Bonchev–Trinajstić information content (AvgIpc) is 3.14. The van der Waals surface area contributed by atoms with E-state index in [1.165, 1.54) is 16.7 Å². The van der Waals surface area contributed by atoms with Gasteiger partial charge in [0, 0.05) is 22.8 Å². The van der Waals surface area contributed by atoms with Crippen molar-refractivity contribution in [2.24, 2.45) is 0 Å². The minimum Gasteiger partial charge on any atom is -0.302 e. The van der Waals surface area contributed by atoms with E-state index in [4.69, 9.17) is 16.9 Å². The summed E-state index contributed by atoms with van der Waals surface area (Å²) in [5.41, 5.74) is 1.57. The molecule has 2 aromatic carbocycles. The van der Waals surface area contributed by atoms with E-state index in [1.807, 2.05) is 66.1 Å². The molecular weight excluding hydrogens is 394 g/mol. The Hall–Kier alpha value is -2.82. The predicted octanol–water partition coefficient (Wildman–Crippen LogP) is 4.27. The first-order valence-corrected chi connectivity index (χ1v) is 10.0. The molecule has 0 radical (unpaired) electrons. The first-order valence-electron chi connectivity index (χ1n) is 8.68. The molecule has 0 atom stereocenters. The number of nitriles is 1. The highest BCUT2D eigenvalue weighted by atomic mass is 35.5. The van der Waals surface area contributed by atoms with E-state index >= 15 is 0 Å². The van der Waals surface area contributed by atoms with Crippen molar-refractivity contribution in [2.75, 3.05) is 17.2 Å². The molecule has 0 bridgehead atoms. The molecule has 0 unspecified atom stereocenters. The summed E-state index contributed by atoms with van der Waals surface area (Å²) in [6.07, 6.45) is 0. The molecule has 3 aromatic rings. The molecule has 6 nitrogen and oxygen atoms in total. The number of anilines is 1. The monoisotopic (exact) mass is 411 g/mol. The highest BCUT2D eigenvalue weighted by molar-refractivity contribution is 7.99. The van der Waals surface area contributed by atoms with Crippen molar-refractivity contribution in [3.63, 3.8) is 0 Å². The van der Waals surface area contributed by atoms with Crippen LogP contribution in [0.4, 0.5) is 5.69 Å². The van der Waals surface area contributed by atoms with E-state index in [0.29, 0.717) is 28.2 Å². The minimum atomic E-state index is -0.160. The number of aromatic nitrogens is 3. The van der Waals surface area contributed by atoms with Crippen LogP contribution in [0.1, 0.15) is 6.92 Å². The van der Waals surface area contributed by atoms with Gasteiger partial charge in [0.1, 0.15) is 6.54 Å². The molecule has 28 heavy (non-hydrogen) atoms. The lowest BCUT2D eigenvalue weighted by Gasteiger charge is -2.19. The van der Waals surface area contributed by atoms with E-state index in [2.05, 4.69) is 10.2 Å². The topological polar surface area (TPSA) is 74.8 Å². The number of amides is 1. The maximum absolute atomic E-state index is 12.7. The van der Waals surface area contributed by atoms with E-state index in [9.17, 15) is 4.79 Å². The van der Waals surface area contributed by atoms with Gasteiger partial charge in [-0.05, 0) is 31.2 Å². The van der Waals surface area contributed by atoms with E-state index in [0.717, 1.165) is 5.56 Å². The summed E-state index contributed by atoms with van der Waals surface area (Å²) in [4.78, 5) is 14.2. The Morgan fingerprint density at radius 1 is 1.21 bits per heavy atom. The predicted molar refractivity (Wildman–Crippen MR) is 111 cm³/mol. The maximum atomic E-state index is 12.7. The van der Waals surface area contributed by atoms with Crippen molar-refractivity contribution in [3.05, 3.63) is 59.6 Å². The number of rotatable bonds is 7. The highest BCUT2D eigenvalue weighted by Crippen LogP contribution is 2.26. The van der Waals surface area contributed by atoms with Crippen LogP contribution in [-0.2, 0) is 11.3 Å². The van der Waals surface area contributed by atoms with Crippen LogP contribution >= 0.6 is 23.4 Å². The van der Waals surface area contributed by atoms with Crippen molar-refractivity contribution in [3.8, 4) is 17.5 Å². The fraction of sp³-hybridized carbons (Fsp3) is 0.200. The molecule has 1 amide bonds. The van der Waals surface area contributed by atoms with Crippen LogP contribution < -0.4 is 4.90 Å². The standard InChI is InChI=1S/C20H18ClN5OS/c1-2-25-19(15-7-6-8-16(21)13-15)23-24-20(25)28-14-18(27)26(12-11-22)17-9-4-3-5-10-17/h3-10,13H,2,12,14H2,1H3. The molecule has 0 spiro atoms. The van der Waals surface area contributed by atoms with E-state index in [1.54, 1.807) is 6.07 Å². The largest absolute Gasteiger partial charge is 0.302 e. The molecule has 3 rings (SSSR count). The van der Waals surface area contributed by atoms with Gasteiger partial charge in [-0.15, -0.1) is 10.2 Å². The van der Waals surface area contributed by atoms with Crippen molar-refractivity contribution < 1.29 is 4.79 Å². The number of para-hydroxylation sites is 1. The number of carbonyl (C=O) groups excluding carboxylic acids is 1. The van der Waals surface area contributed by atoms with Gasteiger partial charge in [0.05, 0.1) is 11.8 Å². The molecule has 0 aliphatic heterocycles. The molecule has 0 aliphatic carbocycles. The number of hydrogen-bond acceptors (Lipinski definition) is 5. The number of nitrogens with zero attached hydrogens (tertiary/aromatic N) is 5. The van der Waals surface area contributed by atoms with Gasteiger partial charge in [-0.1, -0.05) is 53.7 Å². The third-order valence-corrected chi connectivity index (χ3v) is 5.22. The van der Waals surface area contributed by atoms with Crippen molar-refractivity contribution in [1.29, 1.82) is 5.26 Å². The van der Waals surface area contributed by atoms with Gasteiger partial charge >= 0.3 is 0 Å². The number of halogens is 1. The normalized spacial score (nSPS) is 10.5. The minimum absolute atomic E-state index is 0.00234. The maximum Gasteiger partial charge on any atom is 0.238 e. The summed E-state index contributed by atoms with van der Waals surface area (Å²) in [5, 5.41) is 18.9. The van der Waals surface area contributed by atoms with Crippen LogP contribution in [0.3, 0.4) is 0 Å². The smallest absolute Gasteiger partial charge is 0.238 e. The van der Waals surface area contributed by atoms with E-state index < -0.39 is 0 Å². The zero-order valence-corrected chi connectivity index (χ0v) is 16.8. The van der Waals surface area contributed by atoms with Gasteiger partial charge in [-0.3, -0.25) is 9.69 Å². The summed E-state index contributed by atoms with van der Waals surface area (Å²) in [5.74, 6) is 0.703. The Labute approximate surface area is 172 Å². The van der Waals surface area contributed by atoms with Gasteiger partial charge in [0.15, 0.2) is 11.0 Å². The average molecular weight is 412 g/mol. The fourth-order valence-corrected chi connectivity index (χ4v) is 3.80. The van der Waals surface area contributed by atoms with Crippen molar-refractivity contribution in [1.82, 2.24) is 14.8 Å². The fourth-order valence-electron chi connectivity index (χ4n) is 2.73. The van der Waals surface area contributed by atoms with Gasteiger partial charge in [0.2, 0.25) is 5.91 Å². The second-order valence-corrected chi connectivity index (χ2v) is 7.20. The van der Waals surface area contributed by atoms with Gasteiger partial charge in [0.25, 0.3) is 0 Å². The third-order valence-electron chi connectivity index (χ3n) is 4.04. The molecular formula is C20H18ClN5OS. The summed E-state index contributed by atoms with van der Waals surface area (Å²) in [6.45, 7) is 2.65. The van der Waals surface area contributed by atoms with Gasteiger partial charge in [-0.25, -0.2) is 0 Å². The molecule has 8 heteroatoms. The Kier molecular flexibility index (Phi) is 6.69. The second-order valence-electron chi connectivity index (χ2n) is 5.82. The molecule has 0 N–H and O–H groups in total. The highest BCUT2D eigenvalue weighted by Gasteiger charge is 2.19. The molecule has 1 heterocycles. The van der Waals surface area contributed by atoms with Crippen LogP contribution in [0.25, 0.3) is 11.4 Å². The van der Waals surface area contributed by atoms with E-state index in [-0.39, 0.29) is 18.2 Å². The third kappa shape index (κ3) is 4.53. The molecule has 1 aromatic heterocycles. The Morgan fingerprint density at radius 3 is 2.68 bits per heavy atom. The number of hydrogen-bond donors (Lipinski definition) is 0. The van der Waals surface area contributed by atoms with Crippen molar-refractivity contribution >= 4 is 35.0 Å². The zero-order chi connectivity index (χ0) is 19.9. The molecule has 142 valence electrons. The number of carbonyl (C=O) groups is 1. The van der Waals surface area contributed by atoms with Crippen LogP contribution in [0.5, 0.6) is 0 Å². The second kappa shape index (κ2) is 9.40. The SMILES string of the molecule is CCn1c(SCC(=O)N(CC#N)c2ccccc2)nnc1-c1cccc(Cl)c1. The summed E-state index contributed by atoms with van der Waals surface area (Å²) in [7, 11) is 0. The van der Waals surface area contributed by atoms with Crippen LogP contribution in [0.15, 0.2) is 59.8 Å². The summed E-state index contributed by atoms with van der Waals surface area (Å²) in [6, 6.07) is 18.6. The molecule has 0 saturated heterocycles. The Balaban J connectivity index is 1.77. The molecule has 0 fully saturated rings. The van der Waals surface area contributed by atoms with Crippen LogP contribution in [-0.4, -0.2) is 33.0 Å². The first kappa shape index (κ1) is 19.9. The lowest BCUT2D eigenvalue weighted by Crippen LogP contribution is -2.32. The van der Waals surface area contributed by atoms with Crippen molar-refractivity contribution in [2.45, 2.75) is 18.6 Å². The zero-order valence-electron chi connectivity index (χ0n) is 15.2. The van der Waals surface area contributed by atoms with Gasteiger partial charge in [-0.2, -0.15) is 5.26 Å². The Morgan fingerprint density at radius 2 is 2.00 bits per heavy atom. The lowest BCUT2D eigenvalue weighted by molar-refractivity contribution is -0.116. The summed E-state index contributed by atoms with van der Waals surface area (Å²) >= 11 is 7.39. The Bertz CT molecular complexity index is 999. The van der Waals surface area contributed by atoms with Crippen LogP contribution in [0.2, 0.25) is 5.02 Å². The summed E-state index contributed by atoms with van der Waals surface area (Å²) < 4.78 is 1.95. The van der Waals surface area contributed by atoms with Crippen LogP contribution in [0, 0.1) is 11.3 Å². The number of benzene rings is 2. The van der Waals surface area contributed by atoms with Gasteiger partial charge < -0.3 is 4.57 Å². The first-order chi connectivity index (χ1) is 13.6. The quantitative estimate of drug-likeness (QED) is 0.428. The number of thioether (sulfide) groups is 1.